The Labute approximate surface area is 99.8 Å². The lowest BCUT2D eigenvalue weighted by molar-refractivity contribution is -0.160. The van der Waals surface area contributed by atoms with E-state index >= 15 is 0 Å². The summed E-state index contributed by atoms with van der Waals surface area (Å²) in [5.41, 5.74) is -0.350. The van der Waals surface area contributed by atoms with Crippen molar-refractivity contribution in [3.8, 4) is 0 Å². The molecule has 1 saturated carbocycles. The van der Waals surface area contributed by atoms with E-state index in [4.69, 9.17) is 4.74 Å². The van der Waals surface area contributed by atoms with E-state index < -0.39 is 0 Å². The Morgan fingerprint density at radius 3 is 2.06 bits per heavy atom. The minimum Gasteiger partial charge on any atom is -0.460 e. The van der Waals surface area contributed by atoms with E-state index in [0.29, 0.717) is 24.2 Å². The summed E-state index contributed by atoms with van der Waals surface area (Å²) in [6, 6.07) is 0. The summed E-state index contributed by atoms with van der Waals surface area (Å²) >= 11 is 0. The maximum Gasteiger partial charge on any atom is 0.306 e. The van der Waals surface area contributed by atoms with Crippen molar-refractivity contribution in [3.05, 3.63) is 0 Å². The van der Waals surface area contributed by atoms with Gasteiger partial charge in [0.2, 0.25) is 0 Å². The summed E-state index contributed by atoms with van der Waals surface area (Å²) in [7, 11) is 0. The van der Waals surface area contributed by atoms with Crippen molar-refractivity contribution in [2.24, 2.45) is 23.7 Å². The Hall–Kier alpha value is -0.530. The van der Waals surface area contributed by atoms with Crippen LogP contribution in [-0.2, 0) is 9.53 Å². The smallest absolute Gasteiger partial charge is 0.306 e. The Bertz CT molecular complexity index is 252. The summed E-state index contributed by atoms with van der Waals surface area (Å²) in [6.45, 7) is 12.5. The van der Waals surface area contributed by atoms with E-state index in [9.17, 15) is 4.79 Å². The van der Waals surface area contributed by atoms with Crippen LogP contribution in [0, 0.1) is 23.7 Å². The molecular weight excluding hydrogens is 200 g/mol. The predicted octanol–water partition coefficient (Wildman–Crippen LogP) is 3.65. The van der Waals surface area contributed by atoms with E-state index in [1.165, 1.54) is 6.42 Å². The lowest BCUT2D eigenvalue weighted by atomic mass is 9.56. The highest BCUT2D eigenvalue weighted by Crippen LogP contribution is 2.49. The quantitative estimate of drug-likeness (QED) is 0.687. The molecule has 2 nitrogen and oxygen atoms in total. The van der Waals surface area contributed by atoms with Crippen LogP contribution < -0.4 is 0 Å². The van der Waals surface area contributed by atoms with Crippen LogP contribution in [0.5, 0.6) is 0 Å². The number of esters is 1. The normalized spacial score (nSPS) is 34.4. The summed E-state index contributed by atoms with van der Waals surface area (Å²) in [5.74, 6) is 2.64. The van der Waals surface area contributed by atoms with Crippen LogP contribution in [-0.4, -0.2) is 11.6 Å². The van der Waals surface area contributed by atoms with Gasteiger partial charge in [0.25, 0.3) is 0 Å². The van der Waals surface area contributed by atoms with Gasteiger partial charge in [0, 0.05) is 6.42 Å². The van der Waals surface area contributed by atoms with Crippen molar-refractivity contribution in [1.29, 1.82) is 0 Å². The first-order valence-corrected chi connectivity index (χ1v) is 6.48. The van der Waals surface area contributed by atoms with Gasteiger partial charge in [0.15, 0.2) is 0 Å². The molecule has 0 aromatic rings. The van der Waals surface area contributed by atoms with Crippen molar-refractivity contribution >= 4 is 5.97 Å². The van der Waals surface area contributed by atoms with Gasteiger partial charge in [-0.15, -0.1) is 0 Å². The Balaban J connectivity index is 2.46. The number of hydrogen-bond donors (Lipinski definition) is 0. The first-order valence-electron chi connectivity index (χ1n) is 6.48. The van der Waals surface area contributed by atoms with Crippen LogP contribution in [0.4, 0.5) is 0 Å². The second kappa shape index (κ2) is 4.77. The first-order chi connectivity index (χ1) is 7.26. The second-order valence-corrected chi connectivity index (χ2v) is 6.24. The zero-order valence-electron chi connectivity index (χ0n) is 11.5. The molecule has 0 N–H and O–H groups in total. The zero-order chi connectivity index (χ0) is 12.5. The molecule has 0 amide bonds. The van der Waals surface area contributed by atoms with Crippen molar-refractivity contribution < 1.29 is 9.53 Å². The Kier molecular flexibility index (Phi) is 4.03. The lowest BCUT2D eigenvalue weighted by Crippen LogP contribution is -2.45. The fourth-order valence-electron chi connectivity index (χ4n) is 3.00. The molecule has 0 spiro atoms. The number of carbonyl (C=O) groups excluding carboxylic acids is 1. The summed E-state index contributed by atoms with van der Waals surface area (Å²) < 4.78 is 5.38. The molecule has 0 saturated heterocycles. The Morgan fingerprint density at radius 1 is 1.12 bits per heavy atom. The number of carbonyl (C=O) groups is 1. The monoisotopic (exact) mass is 226 g/mol. The number of ether oxygens (including phenoxy) is 1. The van der Waals surface area contributed by atoms with Crippen LogP contribution in [0.2, 0.25) is 0 Å². The van der Waals surface area contributed by atoms with Gasteiger partial charge in [-0.3, -0.25) is 4.79 Å². The van der Waals surface area contributed by atoms with E-state index in [2.05, 4.69) is 20.8 Å². The second-order valence-electron chi connectivity index (χ2n) is 6.24. The van der Waals surface area contributed by atoms with Crippen molar-refractivity contribution in [3.63, 3.8) is 0 Å². The van der Waals surface area contributed by atoms with Crippen LogP contribution in [0.1, 0.15) is 54.4 Å². The topological polar surface area (TPSA) is 26.3 Å². The molecule has 0 aliphatic heterocycles. The molecule has 94 valence electrons. The van der Waals surface area contributed by atoms with Crippen molar-refractivity contribution in [2.45, 2.75) is 60.0 Å². The molecule has 0 radical (unpaired) electrons. The molecule has 1 fully saturated rings. The molecule has 16 heavy (non-hydrogen) atoms. The van der Waals surface area contributed by atoms with E-state index in [0.717, 1.165) is 5.92 Å². The fraction of sp³-hybridized carbons (Fsp3) is 0.929. The van der Waals surface area contributed by atoms with Gasteiger partial charge in [0.1, 0.15) is 5.60 Å². The Morgan fingerprint density at radius 2 is 1.62 bits per heavy atom. The highest BCUT2D eigenvalue weighted by atomic mass is 16.6. The average molecular weight is 226 g/mol. The zero-order valence-corrected chi connectivity index (χ0v) is 11.5. The van der Waals surface area contributed by atoms with Gasteiger partial charge in [-0.1, -0.05) is 27.2 Å². The third kappa shape index (κ3) is 2.99. The van der Waals surface area contributed by atoms with Gasteiger partial charge >= 0.3 is 5.97 Å². The molecule has 0 heterocycles. The standard InChI is InChI=1S/C14H26O2/c1-7-11-9(2)10(3)12(11)8-13(15)16-14(4,5)6/h9-12H,7-8H2,1-6H3. The van der Waals surface area contributed by atoms with Crippen LogP contribution in [0.15, 0.2) is 0 Å². The van der Waals surface area contributed by atoms with E-state index in [-0.39, 0.29) is 11.6 Å². The third-order valence-electron chi connectivity index (χ3n) is 4.02. The SMILES string of the molecule is CCC1C(C)C(C)C1CC(=O)OC(C)(C)C. The van der Waals surface area contributed by atoms with Crippen LogP contribution >= 0.6 is 0 Å². The molecule has 0 aromatic heterocycles. The summed E-state index contributed by atoms with van der Waals surface area (Å²) in [5, 5.41) is 0. The molecule has 1 rings (SSSR count). The largest absolute Gasteiger partial charge is 0.460 e. The van der Waals surface area contributed by atoms with Gasteiger partial charge in [-0.05, 0) is 44.4 Å². The first kappa shape index (κ1) is 13.5. The van der Waals surface area contributed by atoms with E-state index in [1.807, 2.05) is 20.8 Å². The van der Waals surface area contributed by atoms with Gasteiger partial charge < -0.3 is 4.74 Å². The number of hydrogen-bond acceptors (Lipinski definition) is 2. The van der Waals surface area contributed by atoms with Gasteiger partial charge in [0.05, 0.1) is 0 Å². The maximum absolute atomic E-state index is 11.8. The van der Waals surface area contributed by atoms with Crippen LogP contribution in [0.25, 0.3) is 0 Å². The molecular formula is C14H26O2. The third-order valence-corrected chi connectivity index (χ3v) is 4.02. The van der Waals surface area contributed by atoms with E-state index in [1.54, 1.807) is 0 Å². The molecule has 2 heteroatoms. The molecule has 1 aliphatic carbocycles. The minimum atomic E-state index is -0.350. The van der Waals surface area contributed by atoms with Crippen molar-refractivity contribution in [1.82, 2.24) is 0 Å². The maximum atomic E-state index is 11.8. The minimum absolute atomic E-state index is 0.0327. The highest BCUT2D eigenvalue weighted by molar-refractivity contribution is 5.70. The van der Waals surface area contributed by atoms with Crippen molar-refractivity contribution in [2.75, 3.05) is 0 Å². The highest BCUT2D eigenvalue weighted by Gasteiger charge is 2.44. The predicted molar refractivity (Wildman–Crippen MR) is 66.1 cm³/mol. The molecule has 1 aliphatic rings. The average Bonchev–Trinajstić information content (AvgIpc) is 2.14. The van der Waals surface area contributed by atoms with Gasteiger partial charge in [-0.25, -0.2) is 0 Å². The van der Waals surface area contributed by atoms with Gasteiger partial charge in [-0.2, -0.15) is 0 Å². The number of rotatable bonds is 3. The lowest BCUT2D eigenvalue weighted by Gasteiger charge is -2.49. The summed E-state index contributed by atoms with van der Waals surface area (Å²) in [6.07, 6.45) is 1.78. The fourth-order valence-corrected chi connectivity index (χ4v) is 3.00. The molecule has 4 atom stereocenters. The summed E-state index contributed by atoms with van der Waals surface area (Å²) in [4.78, 5) is 11.8. The molecule has 0 aromatic carbocycles. The molecule has 0 bridgehead atoms. The van der Waals surface area contributed by atoms with Crippen LogP contribution in [0.3, 0.4) is 0 Å². The molecule has 4 unspecified atom stereocenters.